The van der Waals surface area contributed by atoms with Crippen LogP contribution in [0.4, 0.5) is 0 Å². The second kappa shape index (κ2) is 6.41. The Morgan fingerprint density at radius 2 is 2.26 bits per heavy atom. The van der Waals surface area contributed by atoms with Gasteiger partial charge in [-0.05, 0) is 26.3 Å². The molecular formula is C16H21N3O3S. The van der Waals surface area contributed by atoms with E-state index in [2.05, 4.69) is 4.98 Å². The number of carbonyl (C=O) groups excluding carboxylic acids is 1. The van der Waals surface area contributed by atoms with E-state index < -0.39 is 0 Å². The summed E-state index contributed by atoms with van der Waals surface area (Å²) < 4.78 is 6.90. The number of hydrogen-bond donors (Lipinski definition) is 0. The van der Waals surface area contributed by atoms with Crippen LogP contribution in [0.2, 0.25) is 0 Å². The number of morpholine rings is 1. The number of aromatic nitrogens is 2. The second-order valence-corrected chi connectivity index (χ2v) is 7.17. The molecule has 2 aromatic rings. The Kier molecular flexibility index (Phi) is 4.50. The van der Waals surface area contributed by atoms with Crippen LogP contribution in [-0.4, -0.2) is 46.2 Å². The minimum absolute atomic E-state index is 0.0559. The maximum Gasteiger partial charge on any atom is 0.262 e. The Morgan fingerprint density at radius 1 is 1.48 bits per heavy atom. The van der Waals surface area contributed by atoms with Crippen LogP contribution >= 0.6 is 11.3 Å². The van der Waals surface area contributed by atoms with Crippen molar-refractivity contribution in [2.24, 2.45) is 0 Å². The van der Waals surface area contributed by atoms with E-state index in [1.54, 1.807) is 10.9 Å². The summed E-state index contributed by atoms with van der Waals surface area (Å²) in [6.07, 6.45) is 1.86. The lowest BCUT2D eigenvalue weighted by Crippen LogP contribution is -2.47. The molecule has 0 saturated carbocycles. The summed E-state index contributed by atoms with van der Waals surface area (Å²) in [7, 11) is 0. The third-order valence-electron chi connectivity index (χ3n) is 4.41. The molecule has 0 N–H and O–H groups in total. The van der Waals surface area contributed by atoms with Gasteiger partial charge in [-0.1, -0.05) is 0 Å². The van der Waals surface area contributed by atoms with Crippen molar-refractivity contribution >= 4 is 27.5 Å². The summed E-state index contributed by atoms with van der Waals surface area (Å²) in [5.74, 6) is 0.0611. The van der Waals surface area contributed by atoms with E-state index in [0.717, 1.165) is 15.3 Å². The van der Waals surface area contributed by atoms with Crippen LogP contribution in [0.5, 0.6) is 0 Å². The number of hydrogen-bond acceptors (Lipinski definition) is 5. The van der Waals surface area contributed by atoms with Gasteiger partial charge in [0, 0.05) is 24.4 Å². The third-order valence-corrected chi connectivity index (χ3v) is 5.53. The fourth-order valence-electron chi connectivity index (χ4n) is 2.89. The predicted molar refractivity (Wildman–Crippen MR) is 90.0 cm³/mol. The number of nitrogens with zero attached hydrogens (tertiary/aromatic N) is 3. The van der Waals surface area contributed by atoms with E-state index in [1.165, 1.54) is 11.3 Å². The average molecular weight is 335 g/mol. The maximum atomic E-state index is 12.6. The van der Waals surface area contributed by atoms with Gasteiger partial charge < -0.3 is 9.64 Å². The molecule has 3 rings (SSSR count). The molecular weight excluding hydrogens is 314 g/mol. The zero-order valence-corrected chi connectivity index (χ0v) is 14.5. The van der Waals surface area contributed by atoms with Gasteiger partial charge in [0.15, 0.2) is 0 Å². The van der Waals surface area contributed by atoms with Gasteiger partial charge in [-0.3, -0.25) is 14.2 Å². The first-order valence-electron chi connectivity index (χ1n) is 7.81. The molecule has 0 radical (unpaired) electrons. The summed E-state index contributed by atoms with van der Waals surface area (Å²) in [6.45, 7) is 8.06. The van der Waals surface area contributed by atoms with E-state index in [9.17, 15) is 9.59 Å². The highest BCUT2D eigenvalue weighted by Crippen LogP contribution is 2.25. The molecule has 7 heteroatoms. The molecule has 1 aliphatic rings. The SMILES string of the molecule is Cc1sc2ncn(CCC(=O)N3CCOCC3C)c(=O)c2c1C. The summed E-state index contributed by atoms with van der Waals surface area (Å²) in [4.78, 5) is 33.0. The molecule has 1 aliphatic heterocycles. The van der Waals surface area contributed by atoms with Crippen molar-refractivity contribution in [1.29, 1.82) is 0 Å². The molecule has 1 atom stereocenters. The standard InChI is InChI=1S/C16H21N3O3S/c1-10-8-22-7-6-19(10)13(20)4-5-18-9-17-15-14(16(18)21)11(2)12(3)23-15/h9-10H,4-8H2,1-3H3. The Morgan fingerprint density at radius 3 is 3.00 bits per heavy atom. The molecule has 1 unspecified atom stereocenters. The molecule has 6 nitrogen and oxygen atoms in total. The van der Waals surface area contributed by atoms with Gasteiger partial charge >= 0.3 is 0 Å². The highest BCUT2D eigenvalue weighted by Gasteiger charge is 2.23. The monoisotopic (exact) mass is 335 g/mol. The normalized spacial score (nSPS) is 18.6. The van der Waals surface area contributed by atoms with Gasteiger partial charge in [0.2, 0.25) is 5.91 Å². The van der Waals surface area contributed by atoms with E-state index in [0.29, 0.717) is 38.1 Å². The van der Waals surface area contributed by atoms with Crippen LogP contribution < -0.4 is 5.56 Å². The lowest BCUT2D eigenvalue weighted by atomic mass is 10.2. The van der Waals surface area contributed by atoms with Crippen molar-refractivity contribution in [3.05, 3.63) is 27.1 Å². The fraction of sp³-hybridized carbons (Fsp3) is 0.562. The van der Waals surface area contributed by atoms with E-state index in [1.807, 2.05) is 25.7 Å². The zero-order valence-electron chi connectivity index (χ0n) is 13.7. The second-order valence-electron chi connectivity index (χ2n) is 5.97. The van der Waals surface area contributed by atoms with Gasteiger partial charge in [-0.25, -0.2) is 4.98 Å². The molecule has 124 valence electrons. The Labute approximate surface area is 138 Å². The summed E-state index contributed by atoms with van der Waals surface area (Å²) in [6, 6.07) is 0.0929. The molecule has 2 aromatic heterocycles. The largest absolute Gasteiger partial charge is 0.377 e. The fourth-order valence-corrected chi connectivity index (χ4v) is 3.87. The Hall–Kier alpha value is -1.73. The van der Waals surface area contributed by atoms with Gasteiger partial charge in [-0.2, -0.15) is 0 Å². The van der Waals surface area contributed by atoms with Crippen LogP contribution in [0.3, 0.4) is 0 Å². The third kappa shape index (κ3) is 3.03. The number of thiophene rings is 1. The summed E-state index contributed by atoms with van der Waals surface area (Å²) in [5.41, 5.74) is 0.935. The van der Waals surface area contributed by atoms with Crippen molar-refractivity contribution < 1.29 is 9.53 Å². The van der Waals surface area contributed by atoms with Crippen molar-refractivity contribution in [3.8, 4) is 0 Å². The van der Waals surface area contributed by atoms with E-state index in [-0.39, 0.29) is 17.5 Å². The molecule has 0 aliphatic carbocycles. The van der Waals surface area contributed by atoms with E-state index in [4.69, 9.17) is 4.74 Å². The minimum Gasteiger partial charge on any atom is -0.377 e. The highest BCUT2D eigenvalue weighted by atomic mass is 32.1. The molecule has 3 heterocycles. The zero-order chi connectivity index (χ0) is 16.6. The molecule has 0 aromatic carbocycles. The molecule has 0 spiro atoms. The number of rotatable bonds is 3. The van der Waals surface area contributed by atoms with Crippen molar-refractivity contribution in [3.63, 3.8) is 0 Å². The molecule has 1 saturated heterocycles. The maximum absolute atomic E-state index is 12.6. The number of carbonyl (C=O) groups is 1. The van der Waals surface area contributed by atoms with Gasteiger partial charge in [0.1, 0.15) is 4.83 Å². The van der Waals surface area contributed by atoms with E-state index >= 15 is 0 Å². The molecule has 0 bridgehead atoms. The molecule has 1 amide bonds. The van der Waals surface area contributed by atoms with Gasteiger partial charge in [0.25, 0.3) is 5.56 Å². The minimum atomic E-state index is -0.0559. The topological polar surface area (TPSA) is 64.4 Å². The predicted octanol–water partition coefficient (Wildman–Crippen LogP) is 1.71. The van der Waals surface area contributed by atoms with Crippen LogP contribution in [-0.2, 0) is 16.1 Å². The van der Waals surface area contributed by atoms with Gasteiger partial charge in [0.05, 0.1) is 31.0 Å². The number of ether oxygens (including phenoxy) is 1. The number of aryl methyl sites for hydroxylation is 3. The first-order chi connectivity index (χ1) is 11.0. The van der Waals surface area contributed by atoms with Crippen LogP contribution in [0, 0.1) is 13.8 Å². The molecule has 23 heavy (non-hydrogen) atoms. The van der Waals surface area contributed by atoms with Crippen LogP contribution in [0.1, 0.15) is 23.8 Å². The van der Waals surface area contributed by atoms with Crippen molar-refractivity contribution in [2.75, 3.05) is 19.8 Å². The van der Waals surface area contributed by atoms with Crippen LogP contribution in [0.15, 0.2) is 11.1 Å². The van der Waals surface area contributed by atoms with Crippen LogP contribution in [0.25, 0.3) is 10.2 Å². The first kappa shape index (κ1) is 16.1. The quantitative estimate of drug-likeness (QED) is 0.857. The Bertz CT molecular complexity index is 796. The van der Waals surface area contributed by atoms with Crippen molar-refractivity contribution in [1.82, 2.24) is 14.5 Å². The first-order valence-corrected chi connectivity index (χ1v) is 8.63. The average Bonchev–Trinajstić information content (AvgIpc) is 2.82. The number of fused-ring (bicyclic) bond motifs is 1. The smallest absolute Gasteiger partial charge is 0.262 e. The number of amides is 1. The van der Waals surface area contributed by atoms with Gasteiger partial charge in [-0.15, -0.1) is 11.3 Å². The Balaban J connectivity index is 1.77. The summed E-state index contributed by atoms with van der Waals surface area (Å²) in [5, 5.41) is 0.683. The summed E-state index contributed by atoms with van der Waals surface area (Å²) >= 11 is 1.54. The molecule has 1 fully saturated rings. The highest BCUT2D eigenvalue weighted by molar-refractivity contribution is 7.18. The lowest BCUT2D eigenvalue weighted by molar-refractivity contribution is -0.139. The lowest BCUT2D eigenvalue weighted by Gasteiger charge is -2.33. The van der Waals surface area contributed by atoms with Crippen molar-refractivity contribution in [2.45, 2.75) is 39.8 Å².